The molecule has 3 N–H and O–H groups in total. The maximum atomic E-state index is 12.1. The number of phenols is 1. The van der Waals surface area contributed by atoms with Crippen LogP contribution < -0.4 is 21.5 Å². The average Bonchev–Trinajstić information content (AvgIpc) is 3.14. The molecule has 0 fully saturated rings. The highest BCUT2D eigenvalue weighted by Gasteiger charge is 2.25. The fourth-order valence-electron chi connectivity index (χ4n) is 3.12. The van der Waals surface area contributed by atoms with Gasteiger partial charge in [0.25, 0.3) is 10.9 Å². The zero-order valence-electron chi connectivity index (χ0n) is 16.9. The maximum Gasteiger partial charge on any atom is 0.253 e. The fourth-order valence-corrected chi connectivity index (χ4v) is 3.30. The molecule has 3 aromatic rings. The number of rotatable bonds is 7. The molecule has 0 unspecified atom stereocenters. The summed E-state index contributed by atoms with van der Waals surface area (Å²) in [6.45, 7) is 8.42. The lowest BCUT2D eigenvalue weighted by atomic mass is 9.89. The van der Waals surface area contributed by atoms with Gasteiger partial charge in [0, 0.05) is 12.0 Å². The number of nitrogens with one attached hydrogen (secondary N) is 2. The molecule has 0 amide bonds. The quantitative estimate of drug-likeness (QED) is 0.365. The number of para-hydroxylation sites is 1. The monoisotopic (exact) mass is 416 g/mol. The van der Waals surface area contributed by atoms with Crippen LogP contribution in [0.2, 0.25) is 5.02 Å². The van der Waals surface area contributed by atoms with Gasteiger partial charge in [0.05, 0.1) is 23.0 Å². The summed E-state index contributed by atoms with van der Waals surface area (Å²) in [6, 6.07) is 6.38. The van der Waals surface area contributed by atoms with Gasteiger partial charge in [0.15, 0.2) is 5.75 Å². The van der Waals surface area contributed by atoms with Crippen molar-refractivity contribution >= 4 is 28.7 Å². The predicted molar refractivity (Wildman–Crippen MR) is 116 cm³/mol. The van der Waals surface area contributed by atoms with Crippen LogP contribution in [0, 0.1) is 5.41 Å². The van der Waals surface area contributed by atoms with Crippen molar-refractivity contribution in [2.75, 3.05) is 10.6 Å². The van der Waals surface area contributed by atoms with E-state index >= 15 is 0 Å². The van der Waals surface area contributed by atoms with Crippen LogP contribution in [-0.4, -0.2) is 5.11 Å². The number of phenolic OH excluding ortho intramolecular Hbond substituents is 1. The summed E-state index contributed by atoms with van der Waals surface area (Å²) in [7, 11) is 0. The molecule has 2 aromatic carbocycles. The Morgan fingerprint density at radius 2 is 1.83 bits per heavy atom. The summed E-state index contributed by atoms with van der Waals surface area (Å²) < 4.78 is 5.64. The highest BCUT2D eigenvalue weighted by atomic mass is 35.5. The van der Waals surface area contributed by atoms with E-state index in [4.69, 9.17) is 16.0 Å². The highest BCUT2D eigenvalue weighted by molar-refractivity contribution is 6.32. The Morgan fingerprint density at radius 3 is 2.52 bits per heavy atom. The molecule has 0 aliphatic heterocycles. The van der Waals surface area contributed by atoms with Gasteiger partial charge >= 0.3 is 0 Å². The zero-order chi connectivity index (χ0) is 21.3. The molecule has 0 spiro atoms. The maximum absolute atomic E-state index is 12.1. The molecule has 3 rings (SSSR count). The standard InChI is InChI=1S/C22H25ClN2O4/c1-12(13-9-11-29-16(13)8-10-22(2,3)4)24-17-18(21(28)20(17)27)25-15-7-5-6-14(23)19(15)26/h5-7,9,11-12,24-26H,8,10H2,1-4H3/t12-/m1/s1. The Bertz CT molecular complexity index is 1090. The van der Waals surface area contributed by atoms with Gasteiger partial charge in [0.1, 0.15) is 17.1 Å². The van der Waals surface area contributed by atoms with E-state index in [1.807, 2.05) is 13.0 Å². The van der Waals surface area contributed by atoms with Gasteiger partial charge in [-0.1, -0.05) is 38.4 Å². The van der Waals surface area contributed by atoms with E-state index in [0.717, 1.165) is 24.2 Å². The highest BCUT2D eigenvalue weighted by Crippen LogP contribution is 2.35. The van der Waals surface area contributed by atoms with Crippen molar-refractivity contribution in [2.45, 2.75) is 46.6 Å². The summed E-state index contributed by atoms with van der Waals surface area (Å²) >= 11 is 5.91. The van der Waals surface area contributed by atoms with Crippen LogP contribution in [0.15, 0.2) is 44.5 Å². The number of hydrogen-bond acceptors (Lipinski definition) is 6. The van der Waals surface area contributed by atoms with Crippen LogP contribution in [0.3, 0.4) is 0 Å². The second kappa shape index (κ2) is 7.95. The summed E-state index contributed by atoms with van der Waals surface area (Å²) in [5.74, 6) is 0.682. The summed E-state index contributed by atoms with van der Waals surface area (Å²) in [4.78, 5) is 24.2. The first-order valence-electron chi connectivity index (χ1n) is 9.49. The molecule has 0 saturated heterocycles. The molecule has 1 aromatic heterocycles. The van der Waals surface area contributed by atoms with Gasteiger partial charge in [-0.25, -0.2) is 0 Å². The molecular weight excluding hydrogens is 392 g/mol. The van der Waals surface area contributed by atoms with Crippen molar-refractivity contribution < 1.29 is 9.52 Å². The molecule has 154 valence electrons. The Labute approximate surface area is 174 Å². The van der Waals surface area contributed by atoms with E-state index < -0.39 is 10.9 Å². The third kappa shape index (κ3) is 4.48. The van der Waals surface area contributed by atoms with E-state index in [2.05, 4.69) is 31.4 Å². The van der Waals surface area contributed by atoms with Crippen molar-refractivity contribution in [3.63, 3.8) is 0 Å². The zero-order valence-corrected chi connectivity index (χ0v) is 17.7. The first-order valence-corrected chi connectivity index (χ1v) is 9.87. The number of benzene rings is 1. The minimum absolute atomic E-state index is 0.110. The van der Waals surface area contributed by atoms with E-state index in [1.165, 1.54) is 6.07 Å². The first-order chi connectivity index (χ1) is 13.6. The van der Waals surface area contributed by atoms with Crippen LogP contribution >= 0.6 is 11.6 Å². The van der Waals surface area contributed by atoms with Crippen molar-refractivity contribution in [3.8, 4) is 5.75 Å². The molecule has 6 nitrogen and oxygen atoms in total. The first kappa shape index (κ1) is 21.0. The van der Waals surface area contributed by atoms with Crippen LogP contribution in [0.1, 0.15) is 51.5 Å². The molecule has 1 heterocycles. The minimum atomic E-state index is -0.640. The summed E-state index contributed by atoms with van der Waals surface area (Å²) in [6.07, 6.45) is 3.38. The van der Waals surface area contributed by atoms with Gasteiger partial charge in [-0.3, -0.25) is 9.59 Å². The number of anilines is 3. The molecule has 0 saturated carbocycles. The lowest BCUT2D eigenvalue weighted by molar-refractivity contribution is 0.357. The summed E-state index contributed by atoms with van der Waals surface area (Å²) in [5.41, 5.74) is 0.438. The normalized spacial score (nSPS) is 12.9. The number of furan rings is 1. The van der Waals surface area contributed by atoms with Crippen molar-refractivity contribution in [2.24, 2.45) is 5.41 Å². The SMILES string of the molecule is C[C@@H](Nc1c(Nc2cccc(Cl)c2O)c(=O)c1=O)c1ccoc1CCC(C)(C)C. The third-order valence-corrected chi connectivity index (χ3v) is 5.17. The van der Waals surface area contributed by atoms with E-state index in [0.29, 0.717) is 0 Å². The second-order valence-electron chi connectivity index (χ2n) is 8.40. The number of halogens is 1. The Kier molecular flexibility index (Phi) is 5.75. The van der Waals surface area contributed by atoms with Crippen LogP contribution in [0.5, 0.6) is 5.75 Å². The lowest BCUT2D eigenvalue weighted by Crippen LogP contribution is -2.37. The number of aromatic hydroxyl groups is 1. The van der Waals surface area contributed by atoms with Crippen LogP contribution in [-0.2, 0) is 6.42 Å². The van der Waals surface area contributed by atoms with Crippen LogP contribution in [0.25, 0.3) is 0 Å². The molecule has 0 aliphatic rings. The van der Waals surface area contributed by atoms with Gasteiger partial charge in [-0.2, -0.15) is 0 Å². The van der Waals surface area contributed by atoms with Crippen LogP contribution in [0.4, 0.5) is 17.1 Å². The summed E-state index contributed by atoms with van der Waals surface area (Å²) in [5, 5.41) is 16.1. The van der Waals surface area contributed by atoms with Gasteiger partial charge in [-0.05, 0) is 37.0 Å². The minimum Gasteiger partial charge on any atom is -0.504 e. The Morgan fingerprint density at radius 1 is 1.14 bits per heavy atom. The third-order valence-electron chi connectivity index (χ3n) is 4.87. The van der Waals surface area contributed by atoms with E-state index in [1.54, 1.807) is 18.4 Å². The molecule has 0 bridgehead atoms. The largest absolute Gasteiger partial charge is 0.504 e. The Hall–Kier alpha value is -2.73. The van der Waals surface area contributed by atoms with Gasteiger partial charge in [-0.15, -0.1) is 0 Å². The van der Waals surface area contributed by atoms with Crippen molar-refractivity contribution in [3.05, 3.63) is 67.3 Å². The van der Waals surface area contributed by atoms with E-state index in [9.17, 15) is 14.7 Å². The molecule has 1 atom stereocenters. The lowest BCUT2D eigenvalue weighted by Gasteiger charge is -2.21. The molecule has 7 heteroatoms. The number of aryl methyl sites for hydroxylation is 1. The predicted octanol–water partition coefficient (Wildman–Crippen LogP) is 5.13. The van der Waals surface area contributed by atoms with Crippen molar-refractivity contribution in [1.82, 2.24) is 0 Å². The topological polar surface area (TPSA) is 91.6 Å². The number of hydrogen-bond donors (Lipinski definition) is 3. The molecule has 0 aliphatic carbocycles. The smallest absolute Gasteiger partial charge is 0.253 e. The molecular formula is C22H25ClN2O4. The average molecular weight is 417 g/mol. The van der Waals surface area contributed by atoms with E-state index in [-0.39, 0.29) is 39.3 Å². The molecule has 0 radical (unpaired) electrons. The molecule has 29 heavy (non-hydrogen) atoms. The van der Waals surface area contributed by atoms with Gasteiger partial charge in [0.2, 0.25) is 0 Å². The Balaban J connectivity index is 1.79. The van der Waals surface area contributed by atoms with Crippen molar-refractivity contribution in [1.29, 1.82) is 0 Å². The van der Waals surface area contributed by atoms with Gasteiger partial charge < -0.3 is 20.2 Å². The second-order valence-corrected chi connectivity index (χ2v) is 8.80. The fraction of sp³-hybridized carbons (Fsp3) is 0.364.